The highest BCUT2D eigenvalue weighted by Gasteiger charge is 2.28. The van der Waals surface area contributed by atoms with Crippen molar-refractivity contribution in [3.8, 4) is 22.5 Å². The molecule has 1 saturated heterocycles. The molecule has 4 heterocycles. The predicted molar refractivity (Wildman–Crippen MR) is 167 cm³/mol. The van der Waals surface area contributed by atoms with Crippen LogP contribution < -0.4 is 5.32 Å². The molecule has 5 aromatic rings. The van der Waals surface area contributed by atoms with Crippen molar-refractivity contribution in [1.82, 2.24) is 24.6 Å². The summed E-state index contributed by atoms with van der Waals surface area (Å²) in [6.07, 6.45) is 5.02. The van der Waals surface area contributed by atoms with Crippen LogP contribution in [0.25, 0.3) is 33.4 Å². The number of esters is 1. The number of benzene rings is 2. The fourth-order valence-corrected chi connectivity index (χ4v) is 5.92. The van der Waals surface area contributed by atoms with E-state index < -0.39 is 17.7 Å². The van der Waals surface area contributed by atoms with E-state index in [1.165, 1.54) is 19.2 Å². The zero-order valence-electron chi connectivity index (χ0n) is 24.9. The third-order valence-electron chi connectivity index (χ3n) is 8.08. The van der Waals surface area contributed by atoms with Crippen molar-refractivity contribution in [2.45, 2.75) is 32.2 Å². The van der Waals surface area contributed by atoms with Gasteiger partial charge in [0, 0.05) is 40.3 Å². The van der Waals surface area contributed by atoms with E-state index in [4.69, 9.17) is 9.84 Å². The molecule has 6 rings (SSSR count). The van der Waals surface area contributed by atoms with Gasteiger partial charge in [-0.15, -0.1) is 0 Å². The molecule has 1 fully saturated rings. The average Bonchev–Trinajstić information content (AvgIpc) is 3.44. The van der Waals surface area contributed by atoms with E-state index in [9.17, 15) is 9.59 Å². The van der Waals surface area contributed by atoms with Gasteiger partial charge in [0.2, 0.25) is 5.91 Å². The molecule has 0 spiro atoms. The van der Waals surface area contributed by atoms with Gasteiger partial charge in [-0.2, -0.15) is 5.10 Å². The molecule has 1 N–H and O–H groups in total. The SMILES string of the molecule is COC(=O)c1cc(NC(=O)Cn2cc(-c3ccnc4ccccc34)c(-c3cccc(C)n3)n2)cc(F)c1C1CCN(C)CC1. The highest BCUT2D eigenvalue weighted by atomic mass is 19.1. The van der Waals surface area contributed by atoms with Crippen LogP contribution in [0.5, 0.6) is 0 Å². The minimum absolute atomic E-state index is 0.106. The number of nitrogens with zero attached hydrogens (tertiary/aromatic N) is 5. The molecule has 0 atom stereocenters. The minimum atomic E-state index is -0.634. The van der Waals surface area contributed by atoms with Crippen molar-refractivity contribution in [2.24, 2.45) is 0 Å². The smallest absolute Gasteiger partial charge is 0.338 e. The number of carbonyl (C=O) groups excluding carboxylic acids is 2. The molecule has 1 amide bonds. The van der Waals surface area contributed by atoms with Crippen LogP contribution >= 0.6 is 0 Å². The van der Waals surface area contributed by atoms with E-state index in [-0.39, 0.29) is 23.7 Å². The number of piperidine rings is 1. The van der Waals surface area contributed by atoms with Crippen molar-refractivity contribution < 1.29 is 18.7 Å². The molecule has 1 aliphatic rings. The number of anilines is 1. The first-order valence-electron chi connectivity index (χ1n) is 14.6. The molecule has 3 aromatic heterocycles. The van der Waals surface area contributed by atoms with Crippen LogP contribution in [-0.4, -0.2) is 63.8 Å². The number of pyridine rings is 2. The van der Waals surface area contributed by atoms with Crippen LogP contribution in [0, 0.1) is 12.7 Å². The second-order valence-electron chi connectivity index (χ2n) is 11.2. The lowest BCUT2D eigenvalue weighted by molar-refractivity contribution is -0.116. The number of methoxy groups -OCH3 is 1. The van der Waals surface area contributed by atoms with E-state index in [0.29, 0.717) is 17.0 Å². The molecule has 0 radical (unpaired) electrons. The number of nitrogens with one attached hydrogen (secondary N) is 1. The van der Waals surface area contributed by atoms with Gasteiger partial charge in [-0.25, -0.2) is 9.18 Å². The lowest BCUT2D eigenvalue weighted by Crippen LogP contribution is -2.30. The van der Waals surface area contributed by atoms with Crippen LogP contribution in [0.15, 0.2) is 73.1 Å². The topological polar surface area (TPSA) is 102 Å². The maximum absolute atomic E-state index is 15.6. The summed E-state index contributed by atoms with van der Waals surface area (Å²) in [5, 5.41) is 8.47. The Morgan fingerprint density at radius 3 is 2.61 bits per heavy atom. The second-order valence-corrected chi connectivity index (χ2v) is 11.2. The van der Waals surface area contributed by atoms with Crippen LogP contribution in [0.2, 0.25) is 0 Å². The quantitative estimate of drug-likeness (QED) is 0.237. The number of likely N-dealkylation sites (tertiary alicyclic amines) is 1. The predicted octanol–water partition coefficient (Wildman–Crippen LogP) is 5.84. The molecule has 9 nitrogen and oxygen atoms in total. The molecule has 0 saturated carbocycles. The van der Waals surface area contributed by atoms with Gasteiger partial charge in [0.05, 0.1) is 23.9 Å². The Morgan fingerprint density at radius 1 is 1.05 bits per heavy atom. The summed E-state index contributed by atoms with van der Waals surface area (Å²) >= 11 is 0. The summed E-state index contributed by atoms with van der Waals surface area (Å²) in [4.78, 5) is 37.3. The number of amides is 1. The van der Waals surface area contributed by atoms with E-state index in [2.05, 4.69) is 20.2 Å². The normalized spacial score (nSPS) is 14.1. The van der Waals surface area contributed by atoms with Gasteiger partial charge in [0.1, 0.15) is 18.1 Å². The van der Waals surface area contributed by atoms with Crippen molar-refractivity contribution in [3.63, 3.8) is 0 Å². The second kappa shape index (κ2) is 12.3. The van der Waals surface area contributed by atoms with Crippen LogP contribution in [0.4, 0.5) is 10.1 Å². The van der Waals surface area contributed by atoms with Crippen LogP contribution in [0.1, 0.15) is 40.4 Å². The zero-order chi connectivity index (χ0) is 30.8. The molecular weight excluding hydrogens is 559 g/mol. The number of hydrogen-bond donors (Lipinski definition) is 1. The monoisotopic (exact) mass is 592 g/mol. The van der Waals surface area contributed by atoms with Crippen molar-refractivity contribution >= 4 is 28.5 Å². The lowest BCUT2D eigenvalue weighted by atomic mass is 9.86. The summed E-state index contributed by atoms with van der Waals surface area (Å²) in [5.41, 5.74) is 5.35. The van der Waals surface area contributed by atoms with E-state index >= 15 is 4.39 Å². The van der Waals surface area contributed by atoms with Gasteiger partial charge >= 0.3 is 5.97 Å². The van der Waals surface area contributed by atoms with Crippen LogP contribution in [0.3, 0.4) is 0 Å². The highest BCUT2D eigenvalue weighted by Crippen LogP contribution is 2.36. The minimum Gasteiger partial charge on any atom is -0.465 e. The third-order valence-corrected chi connectivity index (χ3v) is 8.08. The Kier molecular flexibility index (Phi) is 8.17. The van der Waals surface area contributed by atoms with E-state index in [0.717, 1.165) is 53.7 Å². The van der Waals surface area contributed by atoms with E-state index in [1.807, 2.05) is 68.7 Å². The number of hydrogen-bond acceptors (Lipinski definition) is 7. The van der Waals surface area contributed by atoms with E-state index in [1.54, 1.807) is 10.9 Å². The number of rotatable bonds is 7. The average molecular weight is 593 g/mol. The molecule has 2 aromatic carbocycles. The first-order chi connectivity index (χ1) is 21.3. The van der Waals surface area contributed by atoms with Gasteiger partial charge in [0.25, 0.3) is 0 Å². The van der Waals surface area contributed by atoms with Crippen molar-refractivity contribution in [1.29, 1.82) is 0 Å². The molecule has 1 aliphatic heterocycles. The number of aromatic nitrogens is 4. The van der Waals surface area contributed by atoms with Gasteiger partial charge in [-0.05, 0) is 87.8 Å². The summed E-state index contributed by atoms with van der Waals surface area (Å²) in [5.74, 6) is -1.70. The summed E-state index contributed by atoms with van der Waals surface area (Å²) < 4.78 is 22.1. The number of ether oxygens (including phenoxy) is 1. The van der Waals surface area contributed by atoms with Crippen molar-refractivity contribution in [2.75, 3.05) is 32.6 Å². The zero-order valence-corrected chi connectivity index (χ0v) is 24.9. The Balaban J connectivity index is 1.31. The fraction of sp³-hybridized carbons (Fsp3) is 0.265. The molecule has 224 valence electrons. The Hall–Kier alpha value is -4.96. The largest absolute Gasteiger partial charge is 0.465 e. The summed E-state index contributed by atoms with van der Waals surface area (Å²) in [6, 6.07) is 18.2. The number of fused-ring (bicyclic) bond motifs is 1. The molecule has 0 unspecified atom stereocenters. The molecule has 0 bridgehead atoms. The molecule has 10 heteroatoms. The first kappa shape index (κ1) is 29.1. The molecular formula is C34H33FN6O3. The Labute approximate surface area is 254 Å². The first-order valence-corrected chi connectivity index (χ1v) is 14.6. The lowest BCUT2D eigenvalue weighted by Gasteiger charge is -2.30. The maximum atomic E-state index is 15.6. The Morgan fingerprint density at radius 2 is 1.84 bits per heavy atom. The third kappa shape index (κ3) is 5.93. The summed E-state index contributed by atoms with van der Waals surface area (Å²) in [7, 11) is 3.29. The summed E-state index contributed by atoms with van der Waals surface area (Å²) in [6.45, 7) is 3.39. The highest BCUT2D eigenvalue weighted by molar-refractivity contribution is 5.98. The van der Waals surface area contributed by atoms with Gasteiger partial charge < -0.3 is 15.0 Å². The van der Waals surface area contributed by atoms with Crippen molar-refractivity contribution in [3.05, 3.63) is 95.7 Å². The molecule has 0 aliphatic carbocycles. The number of aryl methyl sites for hydroxylation is 1. The van der Waals surface area contributed by atoms with Gasteiger partial charge in [0.15, 0.2) is 0 Å². The van der Waals surface area contributed by atoms with Gasteiger partial charge in [-0.3, -0.25) is 19.4 Å². The van der Waals surface area contributed by atoms with Crippen LogP contribution in [-0.2, 0) is 16.1 Å². The van der Waals surface area contributed by atoms with Gasteiger partial charge in [-0.1, -0.05) is 24.3 Å². The number of para-hydroxylation sites is 1. The number of carbonyl (C=O) groups is 2. The Bertz CT molecular complexity index is 1860. The molecule has 44 heavy (non-hydrogen) atoms. The standard InChI is InChI=1S/C34H33FN6O3/c1-21-7-6-10-30(37-21)33-27(24-11-14-36-29-9-5-4-8-25(24)29)19-41(39-33)20-31(42)38-23-17-26(34(43)44-3)32(28(35)18-23)22-12-15-40(2)16-13-22/h4-11,14,17-19,22H,12-13,15-16,20H2,1-3H3,(H,38,42). The maximum Gasteiger partial charge on any atom is 0.338 e. The number of halogens is 1. The fourth-order valence-electron chi connectivity index (χ4n) is 5.92.